The van der Waals surface area contributed by atoms with Crippen LogP contribution in [0.3, 0.4) is 0 Å². The number of aliphatic hydroxyl groups is 1. The monoisotopic (exact) mass is 374 g/mol. The van der Waals surface area contributed by atoms with Gasteiger partial charge in [-0.3, -0.25) is 14.4 Å². The van der Waals surface area contributed by atoms with E-state index in [0.29, 0.717) is 19.3 Å². The molecule has 0 amide bonds. The quantitative estimate of drug-likeness (QED) is 0.293. The predicted octanol–water partition coefficient (Wildman–Crippen LogP) is 1.56. The Morgan fingerprint density at radius 2 is 1.54 bits per heavy atom. The van der Waals surface area contributed by atoms with Crippen LogP contribution in [0.5, 0.6) is 0 Å². The zero-order valence-corrected chi connectivity index (χ0v) is 16.0. The average molecular weight is 374 g/mol. The molecule has 0 aliphatic heterocycles. The first-order valence-corrected chi connectivity index (χ1v) is 9.02. The summed E-state index contributed by atoms with van der Waals surface area (Å²) in [5.41, 5.74) is -2.67. The molecule has 0 aromatic rings. The van der Waals surface area contributed by atoms with Gasteiger partial charge in [-0.15, -0.1) is 0 Å². The number of hydrogen-bond acceptors (Lipinski definition) is 8. The Kier molecular flexibility index (Phi) is 11.5. The lowest BCUT2D eigenvalue weighted by atomic mass is 9.80. The van der Waals surface area contributed by atoms with Crippen molar-refractivity contribution in [3.05, 3.63) is 0 Å². The van der Waals surface area contributed by atoms with E-state index in [0.717, 1.165) is 0 Å². The second kappa shape index (κ2) is 12.4. The first-order chi connectivity index (χ1) is 12.3. The van der Waals surface area contributed by atoms with Gasteiger partial charge in [0.1, 0.15) is 0 Å². The number of unbranched alkanes of at least 4 members (excludes halogenated alkanes) is 1. The van der Waals surface area contributed by atoms with Crippen molar-refractivity contribution in [1.29, 1.82) is 0 Å². The maximum atomic E-state index is 12.5. The molecule has 0 aromatic carbocycles. The molecule has 0 aromatic heterocycles. The summed E-state index contributed by atoms with van der Waals surface area (Å²) < 4.78 is 14.6. The molecule has 150 valence electrons. The van der Waals surface area contributed by atoms with E-state index in [2.05, 4.69) is 0 Å². The van der Waals surface area contributed by atoms with E-state index in [4.69, 9.17) is 14.2 Å². The third-order valence-electron chi connectivity index (χ3n) is 3.61. The van der Waals surface area contributed by atoms with E-state index in [-0.39, 0.29) is 26.2 Å². The van der Waals surface area contributed by atoms with Crippen molar-refractivity contribution in [2.75, 3.05) is 19.8 Å². The predicted molar refractivity (Wildman–Crippen MR) is 92.1 cm³/mol. The highest BCUT2D eigenvalue weighted by Gasteiger charge is 2.55. The van der Waals surface area contributed by atoms with Gasteiger partial charge < -0.3 is 19.3 Å². The van der Waals surface area contributed by atoms with Gasteiger partial charge in [0.15, 0.2) is 17.3 Å². The van der Waals surface area contributed by atoms with Crippen LogP contribution in [0.4, 0.5) is 0 Å². The second-order valence-electron chi connectivity index (χ2n) is 5.80. The van der Waals surface area contributed by atoms with Gasteiger partial charge in [-0.2, -0.15) is 0 Å². The highest BCUT2D eigenvalue weighted by molar-refractivity contribution is 6.06. The zero-order chi connectivity index (χ0) is 20.2. The van der Waals surface area contributed by atoms with E-state index in [1.807, 2.05) is 6.92 Å². The lowest BCUT2D eigenvalue weighted by Crippen LogP contribution is -2.55. The van der Waals surface area contributed by atoms with Crippen molar-refractivity contribution in [3.63, 3.8) is 0 Å². The Hall–Kier alpha value is -1.96. The Morgan fingerprint density at radius 1 is 0.923 bits per heavy atom. The molecular weight excluding hydrogens is 344 g/mol. The summed E-state index contributed by atoms with van der Waals surface area (Å²) in [7, 11) is 0. The van der Waals surface area contributed by atoms with Crippen LogP contribution >= 0.6 is 0 Å². The highest BCUT2D eigenvalue weighted by Crippen LogP contribution is 2.28. The molecule has 0 aliphatic carbocycles. The maximum absolute atomic E-state index is 12.5. The Bertz CT molecular complexity index is 488. The molecule has 0 rings (SSSR count). The molecule has 0 saturated carbocycles. The summed E-state index contributed by atoms with van der Waals surface area (Å²) in [4.78, 5) is 49.2. The molecular formula is C18H30O8. The summed E-state index contributed by atoms with van der Waals surface area (Å²) in [6.45, 7) is 6.62. The standard InChI is InChI=1S/C18H30O8/c1-5-9-10-13(19)15(16(21)24-7-3)18(23,17(22)25-8-4)12-14(20)26-11-6-2/h15,23H,5-12H2,1-4H3. The second-order valence-corrected chi connectivity index (χ2v) is 5.80. The van der Waals surface area contributed by atoms with Crippen LogP contribution in [0.15, 0.2) is 0 Å². The van der Waals surface area contributed by atoms with E-state index < -0.39 is 41.6 Å². The summed E-state index contributed by atoms with van der Waals surface area (Å²) in [5.74, 6) is -5.71. The Morgan fingerprint density at radius 3 is 2.04 bits per heavy atom. The van der Waals surface area contributed by atoms with Crippen molar-refractivity contribution < 1.29 is 38.5 Å². The van der Waals surface area contributed by atoms with E-state index in [9.17, 15) is 24.3 Å². The fourth-order valence-corrected chi connectivity index (χ4v) is 2.35. The Labute approximate surface area is 154 Å². The first kappa shape index (κ1) is 24.0. The van der Waals surface area contributed by atoms with Gasteiger partial charge in [0.2, 0.25) is 0 Å². The molecule has 0 heterocycles. The topological polar surface area (TPSA) is 116 Å². The van der Waals surface area contributed by atoms with Gasteiger partial charge in [0.05, 0.1) is 26.2 Å². The summed E-state index contributed by atoms with van der Waals surface area (Å²) in [5, 5.41) is 10.9. The minimum atomic E-state index is -2.67. The summed E-state index contributed by atoms with van der Waals surface area (Å²) in [6.07, 6.45) is 0.783. The third-order valence-corrected chi connectivity index (χ3v) is 3.61. The average Bonchev–Trinajstić information content (AvgIpc) is 2.58. The molecule has 0 saturated heterocycles. The zero-order valence-electron chi connectivity index (χ0n) is 16.0. The SMILES string of the molecule is CCCCC(=O)C(C(=O)OCC)C(O)(CC(=O)OCCC)C(=O)OCC. The molecule has 8 nitrogen and oxygen atoms in total. The van der Waals surface area contributed by atoms with Gasteiger partial charge in [-0.25, -0.2) is 4.79 Å². The van der Waals surface area contributed by atoms with Gasteiger partial charge >= 0.3 is 17.9 Å². The molecule has 1 N–H and O–H groups in total. The lowest BCUT2D eigenvalue weighted by molar-refractivity contribution is -0.187. The molecule has 26 heavy (non-hydrogen) atoms. The molecule has 2 atom stereocenters. The van der Waals surface area contributed by atoms with Crippen molar-refractivity contribution in [3.8, 4) is 0 Å². The molecule has 0 bridgehead atoms. The number of hydrogen-bond donors (Lipinski definition) is 1. The van der Waals surface area contributed by atoms with E-state index in [1.54, 1.807) is 6.92 Å². The smallest absolute Gasteiger partial charge is 0.340 e. The number of carbonyl (C=O) groups excluding carboxylic acids is 4. The number of ketones is 1. The number of rotatable bonds is 13. The van der Waals surface area contributed by atoms with E-state index in [1.165, 1.54) is 13.8 Å². The van der Waals surface area contributed by atoms with Crippen LogP contribution < -0.4 is 0 Å². The van der Waals surface area contributed by atoms with Crippen LogP contribution in [0.1, 0.15) is 59.8 Å². The summed E-state index contributed by atoms with van der Waals surface area (Å²) >= 11 is 0. The molecule has 0 fully saturated rings. The lowest BCUT2D eigenvalue weighted by Gasteiger charge is -2.30. The van der Waals surface area contributed by atoms with Gasteiger partial charge in [0, 0.05) is 6.42 Å². The van der Waals surface area contributed by atoms with Gasteiger partial charge in [0.25, 0.3) is 0 Å². The fourth-order valence-electron chi connectivity index (χ4n) is 2.35. The summed E-state index contributed by atoms with van der Waals surface area (Å²) in [6, 6.07) is 0. The normalized spacial score (nSPS) is 14.0. The molecule has 0 aliphatic rings. The number of ether oxygens (including phenoxy) is 3. The largest absolute Gasteiger partial charge is 0.466 e. The van der Waals surface area contributed by atoms with E-state index >= 15 is 0 Å². The van der Waals surface area contributed by atoms with Crippen LogP contribution in [0.2, 0.25) is 0 Å². The third kappa shape index (κ3) is 7.11. The minimum absolute atomic E-state index is 0.0360. The maximum Gasteiger partial charge on any atom is 0.340 e. The van der Waals surface area contributed by atoms with Gasteiger partial charge in [-0.05, 0) is 26.7 Å². The van der Waals surface area contributed by atoms with Crippen molar-refractivity contribution in [1.82, 2.24) is 0 Å². The van der Waals surface area contributed by atoms with Crippen molar-refractivity contribution >= 4 is 23.7 Å². The van der Waals surface area contributed by atoms with Crippen LogP contribution in [-0.2, 0) is 33.4 Å². The van der Waals surface area contributed by atoms with Gasteiger partial charge in [-0.1, -0.05) is 20.3 Å². The first-order valence-electron chi connectivity index (χ1n) is 9.02. The van der Waals surface area contributed by atoms with Crippen LogP contribution in [0, 0.1) is 5.92 Å². The van der Waals surface area contributed by atoms with Crippen molar-refractivity contribution in [2.45, 2.75) is 65.4 Å². The molecule has 0 spiro atoms. The minimum Gasteiger partial charge on any atom is -0.466 e. The van der Waals surface area contributed by atoms with Crippen LogP contribution in [0.25, 0.3) is 0 Å². The number of carbonyl (C=O) groups is 4. The highest BCUT2D eigenvalue weighted by atomic mass is 16.6. The van der Waals surface area contributed by atoms with Crippen LogP contribution in [-0.4, -0.2) is 54.2 Å². The number of Topliss-reactive ketones (excluding diaryl/α,β-unsaturated/α-hetero) is 1. The molecule has 0 radical (unpaired) electrons. The molecule has 8 heteroatoms. The number of esters is 3. The van der Waals surface area contributed by atoms with Crippen molar-refractivity contribution in [2.24, 2.45) is 5.92 Å². The fraction of sp³-hybridized carbons (Fsp3) is 0.778. The Balaban J connectivity index is 5.81. The molecule has 2 unspecified atom stereocenters.